The molecule has 0 spiro atoms. The number of hydrogen-bond acceptors (Lipinski definition) is 4. The first-order valence-corrected chi connectivity index (χ1v) is 10.0. The molecule has 0 fully saturated rings. The lowest BCUT2D eigenvalue weighted by Crippen LogP contribution is -2.31. The molecule has 4 rings (SSSR count). The lowest BCUT2D eigenvalue weighted by molar-refractivity contribution is -0.116. The predicted molar refractivity (Wildman–Crippen MR) is 105 cm³/mol. The number of carbonyl (C=O) groups is 1. The first-order chi connectivity index (χ1) is 13.2. The number of ether oxygens (including phenoxy) is 1. The predicted octanol–water partition coefficient (Wildman–Crippen LogP) is 3.01. The van der Waals surface area contributed by atoms with Crippen LogP contribution in [0, 0.1) is 0 Å². The Hall–Kier alpha value is -2.34. The van der Waals surface area contributed by atoms with Crippen LogP contribution in [0.2, 0.25) is 0 Å². The standard InChI is InChI=1S/C21H28N4O2/c1-2-25-15-17-14-24(11-9-19(17)23-25)10-3-4-12-27-18-7-5-16-6-8-21(26)22-20(16)13-18/h5,7,13,15H,2-4,6,8-12,14H2,1H3,(H,22,26). The SMILES string of the molecule is CCn1cc2c(n1)CCN(CCCCOc1ccc3c(c1)NC(=O)CC3)C2. The minimum atomic E-state index is 0.0915. The normalized spacial score (nSPS) is 16.6. The van der Waals surface area contributed by atoms with Crippen LogP contribution < -0.4 is 10.1 Å². The van der Waals surface area contributed by atoms with Crippen LogP contribution in [-0.4, -0.2) is 40.3 Å². The highest BCUT2D eigenvalue weighted by Crippen LogP contribution is 2.27. The number of fused-ring (bicyclic) bond motifs is 2. The molecule has 6 nitrogen and oxygen atoms in total. The zero-order valence-corrected chi connectivity index (χ0v) is 16.0. The van der Waals surface area contributed by atoms with Gasteiger partial charge >= 0.3 is 0 Å². The molecule has 27 heavy (non-hydrogen) atoms. The van der Waals surface area contributed by atoms with Crippen LogP contribution >= 0.6 is 0 Å². The van der Waals surface area contributed by atoms with Crippen molar-refractivity contribution in [2.75, 3.05) is 25.0 Å². The van der Waals surface area contributed by atoms with E-state index in [0.29, 0.717) is 13.0 Å². The van der Waals surface area contributed by atoms with E-state index < -0.39 is 0 Å². The van der Waals surface area contributed by atoms with Gasteiger partial charge in [-0.05, 0) is 44.4 Å². The summed E-state index contributed by atoms with van der Waals surface area (Å²) in [4.78, 5) is 14.0. The van der Waals surface area contributed by atoms with E-state index >= 15 is 0 Å². The van der Waals surface area contributed by atoms with Crippen LogP contribution in [0.3, 0.4) is 0 Å². The fraction of sp³-hybridized carbons (Fsp3) is 0.524. The number of benzene rings is 1. The van der Waals surface area contributed by atoms with E-state index in [-0.39, 0.29) is 5.91 Å². The van der Waals surface area contributed by atoms with Crippen molar-refractivity contribution < 1.29 is 9.53 Å². The van der Waals surface area contributed by atoms with E-state index in [4.69, 9.17) is 4.74 Å². The monoisotopic (exact) mass is 368 g/mol. The van der Waals surface area contributed by atoms with Gasteiger partial charge in [0.05, 0.1) is 12.3 Å². The van der Waals surface area contributed by atoms with Gasteiger partial charge in [-0.1, -0.05) is 6.07 Å². The molecule has 0 radical (unpaired) electrons. The maximum Gasteiger partial charge on any atom is 0.224 e. The number of nitrogens with zero attached hydrogens (tertiary/aromatic N) is 3. The Kier molecular flexibility index (Phi) is 5.43. The lowest BCUT2D eigenvalue weighted by Gasteiger charge is -2.25. The van der Waals surface area contributed by atoms with Gasteiger partial charge in [0, 0.05) is 56.0 Å². The van der Waals surface area contributed by atoms with Gasteiger partial charge < -0.3 is 10.1 Å². The highest BCUT2D eigenvalue weighted by atomic mass is 16.5. The Balaban J connectivity index is 1.19. The Morgan fingerprint density at radius 3 is 3.00 bits per heavy atom. The van der Waals surface area contributed by atoms with E-state index in [9.17, 15) is 4.79 Å². The number of unbranched alkanes of at least 4 members (excludes halogenated alkanes) is 1. The highest BCUT2D eigenvalue weighted by Gasteiger charge is 2.19. The average Bonchev–Trinajstić information content (AvgIpc) is 3.10. The van der Waals surface area contributed by atoms with E-state index in [1.165, 1.54) is 16.8 Å². The molecule has 1 aromatic carbocycles. The van der Waals surface area contributed by atoms with Crippen molar-refractivity contribution in [3.63, 3.8) is 0 Å². The molecule has 2 aromatic rings. The summed E-state index contributed by atoms with van der Waals surface area (Å²) in [5.74, 6) is 0.930. The Labute approximate surface area is 160 Å². The number of hydrogen-bond donors (Lipinski definition) is 1. The van der Waals surface area contributed by atoms with Crippen molar-refractivity contribution in [3.05, 3.63) is 41.2 Å². The number of nitrogens with one attached hydrogen (secondary N) is 1. The van der Waals surface area contributed by atoms with Crippen LogP contribution in [0.5, 0.6) is 5.75 Å². The second-order valence-corrected chi connectivity index (χ2v) is 7.41. The van der Waals surface area contributed by atoms with Crippen LogP contribution in [0.1, 0.15) is 43.0 Å². The molecule has 144 valence electrons. The molecule has 0 saturated heterocycles. The summed E-state index contributed by atoms with van der Waals surface area (Å²) in [5.41, 5.74) is 4.75. The van der Waals surface area contributed by atoms with E-state index in [0.717, 1.165) is 63.3 Å². The van der Waals surface area contributed by atoms with Gasteiger partial charge in [0.1, 0.15) is 5.75 Å². The maximum absolute atomic E-state index is 11.5. The second kappa shape index (κ2) is 8.13. The zero-order chi connectivity index (χ0) is 18.6. The van der Waals surface area contributed by atoms with Crippen molar-refractivity contribution >= 4 is 11.6 Å². The molecule has 3 heterocycles. The topological polar surface area (TPSA) is 59.4 Å². The summed E-state index contributed by atoms with van der Waals surface area (Å²) in [6, 6.07) is 6.02. The third-order valence-corrected chi connectivity index (χ3v) is 5.42. The molecule has 2 aliphatic heterocycles. The highest BCUT2D eigenvalue weighted by molar-refractivity contribution is 5.94. The van der Waals surface area contributed by atoms with Crippen molar-refractivity contribution in [2.45, 2.75) is 52.1 Å². The summed E-state index contributed by atoms with van der Waals surface area (Å²) in [7, 11) is 0. The van der Waals surface area contributed by atoms with Gasteiger partial charge in [-0.25, -0.2) is 0 Å². The van der Waals surface area contributed by atoms with Crippen LogP contribution in [0.4, 0.5) is 5.69 Å². The molecule has 0 bridgehead atoms. The van der Waals surface area contributed by atoms with Gasteiger partial charge in [0.25, 0.3) is 0 Å². The number of anilines is 1. The number of amides is 1. The van der Waals surface area contributed by atoms with Crippen molar-refractivity contribution in [1.29, 1.82) is 0 Å². The largest absolute Gasteiger partial charge is 0.494 e. The molecule has 1 amide bonds. The summed E-state index contributed by atoms with van der Waals surface area (Å²) < 4.78 is 7.93. The van der Waals surface area contributed by atoms with Crippen molar-refractivity contribution in [3.8, 4) is 5.75 Å². The third-order valence-electron chi connectivity index (χ3n) is 5.42. The molecular weight excluding hydrogens is 340 g/mol. The molecule has 0 atom stereocenters. The smallest absolute Gasteiger partial charge is 0.224 e. The molecule has 2 aliphatic rings. The molecule has 1 aromatic heterocycles. The number of aryl methyl sites for hydroxylation is 2. The molecule has 1 N–H and O–H groups in total. The fourth-order valence-corrected chi connectivity index (χ4v) is 3.85. The van der Waals surface area contributed by atoms with Gasteiger partial charge in [0.15, 0.2) is 0 Å². The third kappa shape index (κ3) is 4.33. The summed E-state index contributed by atoms with van der Waals surface area (Å²) in [5, 5.41) is 7.55. The summed E-state index contributed by atoms with van der Waals surface area (Å²) in [6.07, 6.45) is 6.79. The molecular formula is C21H28N4O2. The van der Waals surface area contributed by atoms with Crippen molar-refractivity contribution in [1.82, 2.24) is 14.7 Å². The van der Waals surface area contributed by atoms with Gasteiger partial charge in [-0.2, -0.15) is 5.10 Å². The van der Waals surface area contributed by atoms with Crippen molar-refractivity contribution in [2.24, 2.45) is 0 Å². The lowest BCUT2D eigenvalue weighted by atomic mass is 10.0. The summed E-state index contributed by atoms with van der Waals surface area (Å²) in [6.45, 7) is 6.99. The quantitative estimate of drug-likeness (QED) is 0.763. The molecule has 0 unspecified atom stereocenters. The molecule has 0 aliphatic carbocycles. The Bertz CT molecular complexity index is 815. The molecule has 0 saturated carbocycles. The minimum Gasteiger partial charge on any atom is -0.494 e. The van der Waals surface area contributed by atoms with Crippen LogP contribution in [0.25, 0.3) is 0 Å². The maximum atomic E-state index is 11.5. The van der Waals surface area contributed by atoms with Crippen LogP contribution in [0.15, 0.2) is 24.4 Å². The van der Waals surface area contributed by atoms with E-state index in [2.05, 4.69) is 34.5 Å². The Morgan fingerprint density at radius 1 is 1.19 bits per heavy atom. The number of rotatable bonds is 7. The van der Waals surface area contributed by atoms with Gasteiger partial charge in [0.2, 0.25) is 5.91 Å². The van der Waals surface area contributed by atoms with Gasteiger partial charge in [-0.15, -0.1) is 0 Å². The van der Waals surface area contributed by atoms with E-state index in [1.807, 2.05) is 16.8 Å². The minimum absolute atomic E-state index is 0.0915. The van der Waals surface area contributed by atoms with Gasteiger partial charge in [-0.3, -0.25) is 14.4 Å². The Morgan fingerprint density at radius 2 is 2.11 bits per heavy atom. The zero-order valence-electron chi connectivity index (χ0n) is 16.0. The average molecular weight is 368 g/mol. The first-order valence-electron chi connectivity index (χ1n) is 10.0. The fourth-order valence-electron chi connectivity index (χ4n) is 3.85. The summed E-state index contributed by atoms with van der Waals surface area (Å²) >= 11 is 0. The molecule has 6 heteroatoms. The van der Waals surface area contributed by atoms with Crippen LogP contribution in [-0.2, 0) is 30.7 Å². The first kappa shape index (κ1) is 18.0. The number of aromatic nitrogens is 2. The van der Waals surface area contributed by atoms with E-state index in [1.54, 1.807) is 0 Å². The second-order valence-electron chi connectivity index (χ2n) is 7.41. The number of carbonyl (C=O) groups excluding carboxylic acids is 1.